The number of rotatable bonds is 2. The number of halogens is 1. The van der Waals surface area contributed by atoms with Crippen LogP contribution < -0.4 is 5.73 Å². The van der Waals surface area contributed by atoms with Crippen molar-refractivity contribution in [2.45, 2.75) is 11.8 Å². The summed E-state index contributed by atoms with van der Waals surface area (Å²) in [5.74, 6) is -0.271. The third-order valence-electron chi connectivity index (χ3n) is 2.41. The predicted octanol–water partition coefficient (Wildman–Crippen LogP) is 4.17. The summed E-state index contributed by atoms with van der Waals surface area (Å²) in [5, 5.41) is 14.9. The van der Waals surface area contributed by atoms with E-state index in [2.05, 4.69) is 12.6 Å². The molecule has 0 atom stereocenters. The van der Waals surface area contributed by atoms with Gasteiger partial charge in [0.1, 0.15) is 11.7 Å². The highest BCUT2D eigenvalue weighted by Gasteiger charge is 1.96. The summed E-state index contributed by atoms with van der Waals surface area (Å²) in [7, 11) is 0. The first kappa shape index (κ1) is 16.8. The van der Waals surface area contributed by atoms with Crippen molar-refractivity contribution < 1.29 is 9.50 Å². The molecule has 0 unspecified atom stereocenters. The van der Waals surface area contributed by atoms with Gasteiger partial charge in [0.15, 0.2) is 0 Å². The molecule has 3 nitrogen and oxygen atoms in total. The van der Waals surface area contributed by atoms with Crippen LogP contribution in [0.25, 0.3) is 11.1 Å². The normalized spacial score (nSPS) is 10.5. The molecule has 5 heteroatoms. The maximum atomic E-state index is 12.7. The summed E-state index contributed by atoms with van der Waals surface area (Å²) in [5.41, 5.74) is 6.93. The lowest BCUT2D eigenvalue weighted by Gasteiger charge is -2.01. The van der Waals surface area contributed by atoms with Crippen LogP contribution in [0.5, 0.6) is 0 Å². The highest BCUT2D eigenvalue weighted by atomic mass is 32.1. The Morgan fingerprint density at radius 3 is 1.86 bits per heavy atom. The third-order valence-corrected chi connectivity index (χ3v) is 2.71. The van der Waals surface area contributed by atoms with E-state index in [9.17, 15) is 4.39 Å². The molecule has 0 aromatic heterocycles. The number of allylic oxidation sites excluding steroid dienone is 1. The van der Waals surface area contributed by atoms with E-state index < -0.39 is 0 Å². The largest absolute Gasteiger partial charge is 0.512 e. The molecule has 2 aromatic rings. The van der Waals surface area contributed by atoms with Crippen LogP contribution in [0.4, 0.5) is 4.39 Å². The van der Waals surface area contributed by atoms with Gasteiger partial charge >= 0.3 is 0 Å². The maximum absolute atomic E-state index is 12.7. The fourth-order valence-corrected chi connectivity index (χ4v) is 1.67. The standard InChI is InChI=1S/C12H9FS.C4H8N2O/c13-11-5-1-9(2-6-11)10-3-7-12(14)8-4-10;1-3(7)2-4(5)6/h1-8,14H;2,7H,1H3,(H3,5,6)/b;3-2-. The van der Waals surface area contributed by atoms with Crippen LogP contribution in [0.3, 0.4) is 0 Å². The Bertz CT molecular complexity index is 574. The van der Waals surface area contributed by atoms with Crippen molar-refractivity contribution >= 4 is 18.5 Å². The first-order valence-corrected chi connectivity index (χ1v) is 6.59. The van der Waals surface area contributed by atoms with Crippen LogP contribution in [0.2, 0.25) is 0 Å². The molecular weight excluding hydrogens is 287 g/mol. The van der Waals surface area contributed by atoms with Crippen LogP contribution in [0, 0.1) is 11.2 Å². The second-order valence-electron chi connectivity index (χ2n) is 4.29. The highest BCUT2D eigenvalue weighted by molar-refractivity contribution is 7.80. The number of aliphatic hydroxyl groups is 1. The summed E-state index contributed by atoms with van der Waals surface area (Å²) >= 11 is 4.20. The van der Waals surface area contributed by atoms with Gasteiger partial charge in [-0.1, -0.05) is 24.3 Å². The SMILES string of the molecule is C/C(O)=C/C(=N)N.Fc1ccc(-c2ccc(S)cc2)cc1. The van der Waals surface area contributed by atoms with E-state index in [0.29, 0.717) is 0 Å². The van der Waals surface area contributed by atoms with E-state index in [0.717, 1.165) is 16.0 Å². The second-order valence-corrected chi connectivity index (χ2v) is 4.81. The van der Waals surface area contributed by atoms with E-state index in [4.69, 9.17) is 16.2 Å². The Morgan fingerprint density at radius 2 is 1.52 bits per heavy atom. The van der Waals surface area contributed by atoms with Crippen molar-refractivity contribution in [2.75, 3.05) is 0 Å². The second kappa shape index (κ2) is 8.11. The minimum Gasteiger partial charge on any atom is -0.512 e. The summed E-state index contributed by atoms with van der Waals surface area (Å²) < 4.78 is 12.7. The first-order chi connectivity index (χ1) is 9.88. The number of benzene rings is 2. The molecule has 0 saturated carbocycles. The number of nitrogens with two attached hydrogens (primary N) is 1. The van der Waals surface area contributed by atoms with Gasteiger partial charge in [-0.3, -0.25) is 5.41 Å². The van der Waals surface area contributed by atoms with Gasteiger partial charge in [-0.2, -0.15) is 0 Å². The fraction of sp³-hybridized carbons (Fsp3) is 0.0625. The zero-order valence-electron chi connectivity index (χ0n) is 11.5. The molecule has 110 valence electrons. The summed E-state index contributed by atoms with van der Waals surface area (Å²) in [6.07, 6.45) is 1.17. The Kier molecular flexibility index (Phi) is 6.49. The fourth-order valence-electron chi connectivity index (χ4n) is 1.52. The van der Waals surface area contributed by atoms with Gasteiger partial charge in [0.05, 0.1) is 5.76 Å². The number of nitrogens with one attached hydrogen (secondary N) is 1. The molecule has 4 N–H and O–H groups in total. The molecule has 0 fully saturated rings. The number of amidine groups is 1. The smallest absolute Gasteiger partial charge is 0.123 e. The van der Waals surface area contributed by atoms with Gasteiger partial charge in [0.25, 0.3) is 0 Å². The average Bonchev–Trinajstić information content (AvgIpc) is 2.40. The van der Waals surface area contributed by atoms with Crippen LogP contribution in [0.1, 0.15) is 6.92 Å². The summed E-state index contributed by atoms with van der Waals surface area (Å²) in [6, 6.07) is 14.2. The monoisotopic (exact) mass is 304 g/mol. The zero-order valence-corrected chi connectivity index (χ0v) is 12.4. The van der Waals surface area contributed by atoms with Gasteiger partial charge < -0.3 is 10.8 Å². The van der Waals surface area contributed by atoms with E-state index >= 15 is 0 Å². The van der Waals surface area contributed by atoms with Crippen LogP contribution in [-0.2, 0) is 0 Å². The van der Waals surface area contributed by atoms with E-state index in [1.54, 1.807) is 12.1 Å². The van der Waals surface area contributed by atoms with E-state index in [1.807, 2.05) is 24.3 Å². The zero-order chi connectivity index (χ0) is 15.8. The molecule has 0 amide bonds. The molecule has 0 aliphatic heterocycles. The molecule has 2 rings (SSSR count). The van der Waals surface area contributed by atoms with Gasteiger partial charge in [-0.05, 0) is 42.3 Å². The molecule has 0 radical (unpaired) electrons. The number of aliphatic hydroxyl groups excluding tert-OH is 1. The lowest BCUT2D eigenvalue weighted by atomic mass is 10.1. The molecular formula is C16H17FN2OS. The van der Waals surface area contributed by atoms with Crippen molar-refractivity contribution in [1.82, 2.24) is 0 Å². The van der Waals surface area contributed by atoms with Crippen molar-refractivity contribution in [1.29, 1.82) is 5.41 Å². The summed E-state index contributed by atoms with van der Waals surface area (Å²) in [4.78, 5) is 0.927. The van der Waals surface area contributed by atoms with Gasteiger partial charge in [-0.25, -0.2) is 4.39 Å². The molecule has 0 bridgehead atoms. The Labute approximate surface area is 128 Å². The maximum Gasteiger partial charge on any atom is 0.123 e. The minimum atomic E-state index is -0.209. The highest BCUT2D eigenvalue weighted by Crippen LogP contribution is 2.20. The molecule has 0 saturated heterocycles. The topological polar surface area (TPSA) is 70.1 Å². The first-order valence-electron chi connectivity index (χ1n) is 6.14. The van der Waals surface area contributed by atoms with Crippen LogP contribution in [-0.4, -0.2) is 10.9 Å². The quantitative estimate of drug-likeness (QED) is 0.291. The lowest BCUT2D eigenvalue weighted by Crippen LogP contribution is -2.05. The molecule has 0 aliphatic carbocycles. The van der Waals surface area contributed by atoms with Gasteiger partial charge in [-0.15, -0.1) is 12.6 Å². The van der Waals surface area contributed by atoms with Gasteiger partial charge in [0.2, 0.25) is 0 Å². The van der Waals surface area contributed by atoms with Crippen molar-refractivity contribution in [3.63, 3.8) is 0 Å². The predicted molar refractivity (Wildman–Crippen MR) is 87.4 cm³/mol. The van der Waals surface area contributed by atoms with Crippen molar-refractivity contribution in [3.05, 3.63) is 66.2 Å². The Hall–Kier alpha value is -2.27. The summed E-state index contributed by atoms with van der Waals surface area (Å²) in [6.45, 7) is 1.46. The van der Waals surface area contributed by atoms with Crippen LogP contribution >= 0.6 is 12.6 Å². The molecule has 21 heavy (non-hydrogen) atoms. The number of hydrogen-bond acceptors (Lipinski definition) is 3. The van der Waals surface area contributed by atoms with Crippen LogP contribution in [0.15, 0.2) is 65.3 Å². The number of hydrogen-bond donors (Lipinski definition) is 4. The van der Waals surface area contributed by atoms with E-state index in [1.165, 1.54) is 25.1 Å². The minimum absolute atomic E-state index is 0.0625. The molecule has 0 heterocycles. The van der Waals surface area contributed by atoms with Crippen molar-refractivity contribution in [2.24, 2.45) is 5.73 Å². The van der Waals surface area contributed by atoms with Gasteiger partial charge in [0, 0.05) is 11.0 Å². The number of thiol groups is 1. The lowest BCUT2D eigenvalue weighted by molar-refractivity contribution is 0.415. The Balaban J connectivity index is 0.000000270. The van der Waals surface area contributed by atoms with E-state index in [-0.39, 0.29) is 17.4 Å². The third kappa shape index (κ3) is 6.63. The molecule has 0 spiro atoms. The molecule has 2 aromatic carbocycles. The van der Waals surface area contributed by atoms with Crippen molar-refractivity contribution in [3.8, 4) is 11.1 Å². The Morgan fingerprint density at radius 1 is 1.10 bits per heavy atom. The molecule has 0 aliphatic rings. The average molecular weight is 304 g/mol.